The highest BCUT2D eigenvalue weighted by atomic mass is 16.5. The minimum Gasteiger partial charge on any atom is -0.465 e. The summed E-state index contributed by atoms with van der Waals surface area (Å²) in [5.41, 5.74) is 8.81. The van der Waals surface area contributed by atoms with E-state index in [4.69, 9.17) is 9.47 Å². The first kappa shape index (κ1) is 26.6. The van der Waals surface area contributed by atoms with E-state index in [9.17, 15) is 9.59 Å². The van der Waals surface area contributed by atoms with Crippen molar-refractivity contribution in [3.05, 3.63) is 145 Å². The number of esters is 2. The molecule has 0 bridgehead atoms. The number of carbonyl (C=O) groups is 2. The molecule has 6 nitrogen and oxygen atoms in total. The SMILES string of the molecule is COC(=O)c1ccc(-n2c(-c3ccccc3)ccc2-c2ccc(-c3ccccc3)n2-c2ccc(C(=O)OC)cc2)cc1. The van der Waals surface area contributed by atoms with Crippen LogP contribution in [0.15, 0.2) is 133 Å². The van der Waals surface area contributed by atoms with E-state index in [-0.39, 0.29) is 11.9 Å². The van der Waals surface area contributed by atoms with Crippen molar-refractivity contribution >= 4 is 11.9 Å². The Morgan fingerprint density at radius 2 is 0.762 bits per heavy atom. The highest BCUT2D eigenvalue weighted by Crippen LogP contribution is 2.37. The zero-order valence-corrected chi connectivity index (χ0v) is 23.2. The van der Waals surface area contributed by atoms with Crippen molar-refractivity contribution in [3.8, 4) is 45.3 Å². The van der Waals surface area contributed by atoms with Gasteiger partial charge in [-0.1, -0.05) is 60.7 Å². The molecule has 6 aromatic rings. The van der Waals surface area contributed by atoms with Crippen LogP contribution < -0.4 is 0 Å². The third kappa shape index (κ3) is 4.90. The van der Waals surface area contributed by atoms with Crippen molar-refractivity contribution in [3.63, 3.8) is 0 Å². The molecular formula is C36H28N2O4. The molecule has 0 saturated heterocycles. The topological polar surface area (TPSA) is 62.5 Å². The van der Waals surface area contributed by atoms with E-state index in [0.29, 0.717) is 11.1 Å². The van der Waals surface area contributed by atoms with Crippen molar-refractivity contribution in [1.82, 2.24) is 9.13 Å². The number of ether oxygens (including phenoxy) is 2. The number of methoxy groups -OCH3 is 2. The third-order valence-electron chi connectivity index (χ3n) is 7.26. The summed E-state index contributed by atoms with van der Waals surface area (Å²) in [5, 5.41) is 0. The van der Waals surface area contributed by atoms with Gasteiger partial charge in [-0.15, -0.1) is 0 Å². The summed E-state index contributed by atoms with van der Waals surface area (Å²) >= 11 is 0. The summed E-state index contributed by atoms with van der Waals surface area (Å²) < 4.78 is 14.2. The lowest BCUT2D eigenvalue weighted by Crippen LogP contribution is -2.06. The second-order valence-corrected chi connectivity index (χ2v) is 9.69. The smallest absolute Gasteiger partial charge is 0.337 e. The second-order valence-electron chi connectivity index (χ2n) is 9.69. The van der Waals surface area contributed by atoms with Gasteiger partial charge >= 0.3 is 11.9 Å². The predicted octanol–water partition coefficient (Wildman–Crippen LogP) is 7.84. The van der Waals surface area contributed by atoms with Crippen LogP contribution in [0.25, 0.3) is 45.3 Å². The van der Waals surface area contributed by atoms with Gasteiger partial charge in [-0.25, -0.2) is 9.59 Å². The van der Waals surface area contributed by atoms with Crippen LogP contribution >= 0.6 is 0 Å². The molecular weight excluding hydrogens is 524 g/mol. The van der Waals surface area contributed by atoms with Crippen LogP contribution in [-0.4, -0.2) is 35.3 Å². The lowest BCUT2D eigenvalue weighted by molar-refractivity contribution is 0.0592. The molecule has 6 rings (SSSR count). The maximum atomic E-state index is 12.2. The number of hydrogen-bond acceptors (Lipinski definition) is 4. The Kier molecular flexibility index (Phi) is 7.26. The first-order valence-electron chi connectivity index (χ1n) is 13.5. The largest absolute Gasteiger partial charge is 0.465 e. The molecule has 2 aromatic heterocycles. The molecule has 0 radical (unpaired) electrons. The summed E-state index contributed by atoms with van der Waals surface area (Å²) in [6, 6.07) is 43.7. The van der Waals surface area contributed by atoms with E-state index in [0.717, 1.165) is 45.3 Å². The first-order chi connectivity index (χ1) is 20.6. The van der Waals surface area contributed by atoms with Crippen molar-refractivity contribution in [1.29, 1.82) is 0 Å². The third-order valence-corrected chi connectivity index (χ3v) is 7.26. The van der Waals surface area contributed by atoms with Gasteiger partial charge in [-0.3, -0.25) is 0 Å². The molecule has 206 valence electrons. The number of benzene rings is 4. The molecule has 0 aliphatic heterocycles. The van der Waals surface area contributed by atoms with Crippen LogP contribution in [-0.2, 0) is 9.47 Å². The van der Waals surface area contributed by atoms with E-state index < -0.39 is 0 Å². The average Bonchev–Trinajstić information content (AvgIpc) is 3.70. The van der Waals surface area contributed by atoms with E-state index in [1.165, 1.54) is 14.2 Å². The summed E-state index contributed by atoms with van der Waals surface area (Å²) in [4.78, 5) is 24.3. The lowest BCUT2D eigenvalue weighted by atomic mass is 10.1. The highest BCUT2D eigenvalue weighted by Gasteiger charge is 2.20. The van der Waals surface area contributed by atoms with E-state index in [1.807, 2.05) is 60.7 Å². The Morgan fingerprint density at radius 3 is 1.10 bits per heavy atom. The van der Waals surface area contributed by atoms with Gasteiger partial charge in [0.2, 0.25) is 0 Å². The molecule has 0 atom stereocenters. The van der Waals surface area contributed by atoms with Gasteiger partial charge in [0.1, 0.15) is 0 Å². The van der Waals surface area contributed by atoms with Crippen LogP contribution in [0, 0.1) is 0 Å². The summed E-state index contributed by atoms with van der Waals surface area (Å²) in [5.74, 6) is -0.760. The van der Waals surface area contributed by atoms with Crippen LogP contribution in [0.3, 0.4) is 0 Å². The van der Waals surface area contributed by atoms with Gasteiger partial charge in [-0.2, -0.15) is 0 Å². The van der Waals surface area contributed by atoms with E-state index >= 15 is 0 Å². The molecule has 42 heavy (non-hydrogen) atoms. The van der Waals surface area contributed by atoms with Crippen LogP contribution in [0.5, 0.6) is 0 Å². The minimum absolute atomic E-state index is 0.380. The number of nitrogens with zero attached hydrogens (tertiary/aromatic N) is 2. The lowest BCUT2D eigenvalue weighted by Gasteiger charge is -2.18. The number of aromatic nitrogens is 2. The Balaban J connectivity index is 1.58. The van der Waals surface area contributed by atoms with E-state index in [1.54, 1.807) is 24.3 Å². The Morgan fingerprint density at radius 1 is 0.429 bits per heavy atom. The van der Waals surface area contributed by atoms with E-state index in [2.05, 4.69) is 57.7 Å². The number of rotatable bonds is 7. The summed E-state index contributed by atoms with van der Waals surface area (Å²) in [6.45, 7) is 0. The van der Waals surface area contributed by atoms with Crippen LogP contribution in [0.2, 0.25) is 0 Å². The fourth-order valence-electron chi connectivity index (χ4n) is 5.23. The minimum atomic E-state index is -0.380. The molecule has 6 heteroatoms. The molecule has 2 heterocycles. The zero-order chi connectivity index (χ0) is 29.1. The maximum absolute atomic E-state index is 12.2. The van der Waals surface area contributed by atoms with Crippen LogP contribution in [0.1, 0.15) is 20.7 Å². The van der Waals surface area contributed by atoms with Crippen LogP contribution in [0.4, 0.5) is 0 Å². The number of carbonyl (C=O) groups excluding carboxylic acids is 2. The molecule has 0 unspecified atom stereocenters. The highest BCUT2D eigenvalue weighted by molar-refractivity contribution is 5.90. The maximum Gasteiger partial charge on any atom is 0.337 e. The van der Waals surface area contributed by atoms with Crippen molar-refractivity contribution in [2.45, 2.75) is 0 Å². The molecule has 0 aliphatic carbocycles. The summed E-state index contributed by atoms with van der Waals surface area (Å²) in [6.07, 6.45) is 0. The van der Waals surface area contributed by atoms with Crippen molar-refractivity contribution < 1.29 is 19.1 Å². The summed E-state index contributed by atoms with van der Waals surface area (Å²) in [7, 11) is 2.76. The molecule has 0 aliphatic rings. The van der Waals surface area contributed by atoms with Gasteiger partial charge < -0.3 is 18.6 Å². The standard InChI is InChI=1S/C36H28N2O4/c1-41-35(39)27-13-17-29(18-14-27)37-31(25-9-5-3-6-10-25)21-23-33(37)34-24-22-32(26-11-7-4-8-12-26)38(34)30-19-15-28(16-20-30)36(40)42-2/h3-24H,1-2H3. The monoisotopic (exact) mass is 552 g/mol. The molecule has 0 amide bonds. The van der Waals surface area contributed by atoms with Gasteiger partial charge in [0.05, 0.1) is 48.1 Å². The Bertz CT molecular complexity index is 1710. The number of hydrogen-bond donors (Lipinski definition) is 0. The van der Waals surface area contributed by atoms with Gasteiger partial charge in [0.25, 0.3) is 0 Å². The second kappa shape index (κ2) is 11.5. The van der Waals surface area contributed by atoms with Gasteiger partial charge in [-0.05, 0) is 83.9 Å². The van der Waals surface area contributed by atoms with Crippen molar-refractivity contribution in [2.75, 3.05) is 14.2 Å². The molecule has 4 aromatic carbocycles. The normalized spacial score (nSPS) is 10.8. The predicted molar refractivity (Wildman–Crippen MR) is 164 cm³/mol. The average molecular weight is 553 g/mol. The molecule has 0 fully saturated rings. The van der Waals surface area contributed by atoms with Gasteiger partial charge in [0.15, 0.2) is 0 Å². The van der Waals surface area contributed by atoms with Crippen molar-refractivity contribution in [2.24, 2.45) is 0 Å². The first-order valence-corrected chi connectivity index (χ1v) is 13.5. The Hall–Kier alpha value is -5.62. The zero-order valence-electron chi connectivity index (χ0n) is 23.2. The fraction of sp³-hybridized carbons (Fsp3) is 0.0556. The fourth-order valence-corrected chi connectivity index (χ4v) is 5.23. The molecule has 0 N–H and O–H groups in total. The quantitative estimate of drug-likeness (QED) is 0.189. The van der Waals surface area contributed by atoms with Gasteiger partial charge in [0, 0.05) is 11.4 Å². The molecule has 0 spiro atoms. The Labute approximate surface area is 244 Å². The molecule has 0 saturated carbocycles.